The van der Waals surface area contributed by atoms with Crippen LogP contribution in [0.1, 0.15) is 70.8 Å². The van der Waals surface area contributed by atoms with Gasteiger partial charge in [0.15, 0.2) is 0 Å². The average Bonchev–Trinajstić information content (AvgIpc) is 3.00. The maximum absolute atomic E-state index is 14.0. The summed E-state index contributed by atoms with van der Waals surface area (Å²) in [6.07, 6.45) is 7.66. The molecule has 0 unspecified atom stereocenters. The molecule has 2 aliphatic carbocycles. The summed E-state index contributed by atoms with van der Waals surface area (Å²) < 4.78 is 45.5. The van der Waals surface area contributed by atoms with Gasteiger partial charge < -0.3 is 14.7 Å². The zero-order valence-corrected chi connectivity index (χ0v) is 25.4. The largest absolute Gasteiger partial charge is 0.497 e. The van der Waals surface area contributed by atoms with E-state index >= 15 is 0 Å². The van der Waals surface area contributed by atoms with E-state index < -0.39 is 11.7 Å². The van der Waals surface area contributed by atoms with Crippen molar-refractivity contribution in [1.82, 2.24) is 4.98 Å². The van der Waals surface area contributed by atoms with Gasteiger partial charge in [-0.3, -0.25) is 9.78 Å². The molecule has 43 heavy (non-hydrogen) atoms. The van der Waals surface area contributed by atoms with Crippen LogP contribution in [0.3, 0.4) is 0 Å². The first-order chi connectivity index (χ1) is 20.5. The quantitative estimate of drug-likeness (QED) is 0.233. The van der Waals surface area contributed by atoms with Gasteiger partial charge in [0.1, 0.15) is 5.76 Å². The molecule has 0 aliphatic heterocycles. The lowest BCUT2D eigenvalue weighted by atomic mass is 9.78. The number of rotatable bonds is 9. The van der Waals surface area contributed by atoms with Crippen LogP contribution in [-0.2, 0) is 15.7 Å². The van der Waals surface area contributed by atoms with Gasteiger partial charge in [-0.15, -0.1) is 0 Å². The molecule has 2 aromatic rings. The van der Waals surface area contributed by atoms with E-state index in [2.05, 4.69) is 11.6 Å². The molecule has 1 aromatic heterocycles. The van der Waals surface area contributed by atoms with Crippen LogP contribution in [0.25, 0.3) is 11.1 Å². The summed E-state index contributed by atoms with van der Waals surface area (Å²) >= 11 is 0. The Morgan fingerprint density at radius 3 is 2.30 bits per heavy atom. The number of halogens is 3. The molecule has 2 aliphatic rings. The number of anilines is 1. The van der Waals surface area contributed by atoms with Gasteiger partial charge in [-0.05, 0) is 112 Å². The van der Waals surface area contributed by atoms with Crippen molar-refractivity contribution in [2.75, 3.05) is 18.6 Å². The van der Waals surface area contributed by atoms with Crippen LogP contribution in [0.5, 0.6) is 0 Å². The summed E-state index contributed by atoms with van der Waals surface area (Å²) in [5.74, 6) is 1.33. The zero-order chi connectivity index (χ0) is 31.1. The van der Waals surface area contributed by atoms with Gasteiger partial charge in [-0.25, -0.2) is 0 Å². The Labute approximate surface area is 253 Å². The number of hydrogen-bond donors (Lipinski definition) is 1. The van der Waals surface area contributed by atoms with Gasteiger partial charge in [0.2, 0.25) is 5.91 Å². The highest BCUT2D eigenvalue weighted by atomic mass is 19.4. The van der Waals surface area contributed by atoms with E-state index in [9.17, 15) is 23.1 Å². The number of allylic oxidation sites excluding steroid dienone is 4. The molecule has 2 fully saturated rings. The van der Waals surface area contributed by atoms with E-state index in [0.717, 1.165) is 54.9 Å². The third-order valence-corrected chi connectivity index (χ3v) is 8.84. The summed E-state index contributed by atoms with van der Waals surface area (Å²) in [6.45, 7) is 8.86. The normalized spacial score (nSPS) is 22.7. The number of methoxy groups -OCH3 is 1. The molecule has 1 amide bonds. The standard InChI is InChI=1S/C35H43F3N2O3/c1-23(2)33(43-4)17-8-24(3)26-11-9-25(10-12-26)22-40(34(42)27-13-15-32(41)16-14-27)31-7-5-6-28(19-31)29-18-30(21-39-20-29)35(36,37)38/h5-8,17-21,25-27,32,41H,3,9-16,22H2,1-2,4H3/b17-8-/t25-,26-,27-,32-. The topological polar surface area (TPSA) is 62.7 Å². The van der Waals surface area contributed by atoms with E-state index in [1.807, 2.05) is 37.0 Å². The van der Waals surface area contributed by atoms with Crippen molar-refractivity contribution in [3.05, 3.63) is 83.9 Å². The number of carbonyl (C=O) groups is 1. The van der Waals surface area contributed by atoms with Gasteiger partial charge in [0, 0.05) is 36.1 Å². The number of hydrogen-bond acceptors (Lipinski definition) is 4. The first-order valence-electron chi connectivity index (χ1n) is 15.2. The first-order valence-corrected chi connectivity index (χ1v) is 15.2. The SMILES string of the molecule is C=C(/C=C\C(OC)=C(C)C)[C@H]1CC[C@H](CN(c2cccc(-c3cncc(C(F)(F)F)c3)c2)C(=O)[C@H]2CC[C@H](O)CC2)CC1. The fourth-order valence-corrected chi connectivity index (χ4v) is 6.20. The van der Waals surface area contributed by atoms with Gasteiger partial charge in [0.25, 0.3) is 0 Å². The summed E-state index contributed by atoms with van der Waals surface area (Å²) in [6, 6.07) is 8.27. The van der Waals surface area contributed by atoms with E-state index in [-0.39, 0.29) is 23.8 Å². The lowest BCUT2D eigenvalue weighted by Gasteiger charge is -2.36. The van der Waals surface area contributed by atoms with Crippen LogP contribution in [-0.4, -0.2) is 35.8 Å². The fraction of sp³-hybridized carbons (Fsp3) is 0.486. The van der Waals surface area contributed by atoms with Crippen molar-refractivity contribution in [3.63, 3.8) is 0 Å². The van der Waals surface area contributed by atoms with Crippen LogP contribution in [0.4, 0.5) is 18.9 Å². The number of nitrogens with zero attached hydrogens (tertiary/aromatic N) is 2. The van der Waals surface area contributed by atoms with Gasteiger partial charge >= 0.3 is 6.18 Å². The highest BCUT2D eigenvalue weighted by molar-refractivity contribution is 5.95. The second kappa shape index (κ2) is 14.4. The summed E-state index contributed by atoms with van der Waals surface area (Å²) in [5.41, 5.74) is 2.96. The van der Waals surface area contributed by atoms with E-state index in [1.54, 1.807) is 25.3 Å². The van der Waals surface area contributed by atoms with E-state index in [4.69, 9.17) is 4.74 Å². The number of aliphatic hydroxyl groups excluding tert-OH is 1. The van der Waals surface area contributed by atoms with Crippen LogP contribution < -0.4 is 4.90 Å². The summed E-state index contributed by atoms with van der Waals surface area (Å²) in [7, 11) is 1.66. The molecule has 0 atom stereocenters. The van der Waals surface area contributed by atoms with Crippen molar-refractivity contribution >= 4 is 11.6 Å². The lowest BCUT2D eigenvalue weighted by Crippen LogP contribution is -2.42. The Balaban J connectivity index is 1.52. The minimum absolute atomic E-state index is 0.0227. The van der Waals surface area contributed by atoms with E-state index in [1.165, 1.54) is 6.20 Å². The van der Waals surface area contributed by atoms with Crippen molar-refractivity contribution in [2.24, 2.45) is 17.8 Å². The number of aromatic nitrogens is 1. The lowest BCUT2D eigenvalue weighted by molar-refractivity contribution is -0.137. The maximum atomic E-state index is 14.0. The molecule has 1 heterocycles. The fourth-order valence-electron chi connectivity index (χ4n) is 6.20. The van der Waals surface area contributed by atoms with Gasteiger partial charge in [-0.2, -0.15) is 13.2 Å². The molecule has 5 nitrogen and oxygen atoms in total. The predicted molar refractivity (Wildman–Crippen MR) is 164 cm³/mol. The van der Waals surface area contributed by atoms with Crippen LogP contribution in [0, 0.1) is 17.8 Å². The molecule has 0 bridgehead atoms. The molecule has 232 valence electrons. The van der Waals surface area contributed by atoms with Crippen LogP contribution in [0.2, 0.25) is 0 Å². The summed E-state index contributed by atoms with van der Waals surface area (Å²) in [5, 5.41) is 10.0. The smallest absolute Gasteiger partial charge is 0.417 e. The van der Waals surface area contributed by atoms with Crippen LogP contribution in [0.15, 0.2) is 78.4 Å². The zero-order valence-electron chi connectivity index (χ0n) is 25.4. The molecule has 4 rings (SSSR count). The number of pyridine rings is 1. The Kier molecular flexibility index (Phi) is 10.9. The number of ether oxygens (including phenoxy) is 1. The second-order valence-electron chi connectivity index (χ2n) is 12.2. The summed E-state index contributed by atoms with van der Waals surface area (Å²) in [4.78, 5) is 19.6. The number of aliphatic hydroxyl groups is 1. The number of amides is 1. The molecule has 2 saturated carbocycles. The van der Waals surface area contributed by atoms with Crippen molar-refractivity contribution in [2.45, 2.75) is 77.5 Å². The molecule has 0 saturated heterocycles. The third-order valence-electron chi connectivity index (χ3n) is 8.84. The van der Waals surface area contributed by atoms with Gasteiger partial charge in [0.05, 0.1) is 18.8 Å². The van der Waals surface area contributed by atoms with Crippen LogP contribution >= 0.6 is 0 Å². The van der Waals surface area contributed by atoms with Gasteiger partial charge in [-0.1, -0.05) is 30.4 Å². The number of carbonyl (C=O) groups excluding carboxylic acids is 1. The van der Waals surface area contributed by atoms with Crippen molar-refractivity contribution in [3.8, 4) is 11.1 Å². The molecule has 0 spiro atoms. The first kappa shape index (κ1) is 32.5. The molecular weight excluding hydrogens is 553 g/mol. The minimum atomic E-state index is -4.49. The Bertz CT molecular complexity index is 1330. The van der Waals surface area contributed by atoms with Crippen molar-refractivity contribution in [1.29, 1.82) is 0 Å². The highest BCUT2D eigenvalue weighted by Crippen LogP contribution is 2.37. The second-order valence-corrected chi connectivity index (χ2v) is 12.2. The number of benzene rings is 1. The maximum Gasteiger partial charge on any atom is 0.417 e. The molecule has 1 N–H and O–H groups in total. The molecular formula is C35H43F3N2O3. The monoisotopic (exact) mass is 596 g/mol. The molecule has 0 radical (unpaired) electrons. The predicted octanol–water partition coefficient (Wildman–Crippen LogP) is 8.51. The van der Waals surface area contributed by atoms with Crippen molar-refractivity contribution < 1.29 is 27.8 Å². The highest BCUT2D eigenvalue weighted by Gasteiger charge is 2.33. The molecule has 1 aromatic carbocycles. The van der Waals surface area contributed by atoms with E-state index in [0.29, 0.717) is 55.0 Å². The Hall–Kier alpha value is -3.39. The molecule has 8 heteroatoms. The Morgan fingerprint density at radius 1 is 1.00 bits per heavy atom. The third kappa shape index (κ3) is 8.59. The minimum Gasteiger partial charge on any atom is -0.497 e. The Morgan fingerprint density at radius 2 is 1.67 bits per heavy atom. The number of alkyl halides is 3. The average molecular weight is 597 g/mol.